The predicted molar refractivity (Wildman–Crippen MR) is 65.1 cm³/mol. The van der Waals surface area contributed by atoms with Gasteiger partial charge in [0.15, 0.2) is 0 Å². The molecule has 1 aromatic heterocycles. The fraction of sp³-hybridized carbons (Fsp3) is 0.0769. The van der Waals surface area contributed by atoms with Gasteiger partial charge in [0.05, 0.1) is 17.3 Å². The number of nitriles is 2. The summed E-state index contributed by atoms with van der Waals surface area (Å²) in [6.45, 7) is 1.63. The van der Waals surface area contributed by atoms with Crippen molar-refractivity contribution in [3.63, 3.8) is 0 Å². The Bertz CT molecular complexity index is 719. The van der Waals surface area contributed by atoms with Crippen molar-refractivity contribution >= 4 is 11.6 Å². The first-order valence-electron chi connectivity index (χ1n) is 5.32. The number of rotatable bonds is 2. The van der Waals surface area contributed by atoms with Crippen molar-refractivity contribution in [2.75, 3.05) is 5.32 Å². The van der Waals surface area contributed by atoms with Crippen molar-refractivity contribution in [2.24, 2.45) is 0 Å². The van der Waals surface area contributed by atoms with Crippen LogP contribution in [0.15, 0.2) is 28.9 Å². The van der Waals surface area contributed by atoms with Crippen molar-refractivity contribution < 1.29 is 9.32 Å². The summed E-state index contributed by atoms with van der Waals surface area (Å²) in [5.41, 5.74) is 1.23. The third kappa shape index (κ3) is 2.43. The topological polar surface area (TPSA) is 103 Å². The second-order valence-electron chi connectivity index (χ2n) is 3.73. The molecule has 92 valence electrons. The molecule has 0 aliphatic heterocycles. The summed E-state index contributed by atoms with van der Waals surface area (Å²) in [6, 6.07) is 8.29. The molecule has 1 N–H and O–H groups in total. The van der Waals surface area contributed by atoms with Crippen LogP contribution in [0, 0.1) is 29.6 Å². The molecule has 0 spiro atoms. The van der Waals surface area contributed by atoms with Crippen LogP contribution in [0.2, 0.25) is 0 Å². The van der Waals surface area contributed by atoms with Crippen molar-refractivity contribution in [3.8, 4) is 12.1 Å². The second kappa shape index (κ2) is 5.03. The van der Waals surface area contributed by atoms with Crippen LogP contribution in [0.3, 0.4) is 0 Å². The molecule has 0 aliphatic rings. The monoisotopic (exact) mass is 252 g/mol. The number of nitrogens with zero attached hydrogens (tertiary/aromatic N) is 3. The molecule has 2 aromatic rings. The number of benzene rings is 1. The van der Waals surface area contributed by atoms with E-state index in [1.165, 1.54) is 18.3 Å². The van der Waals surface area contributed by atoms with Crippen LogP contribution in [-0.4, -0.2) is 11.1 Å². The van der Waals surface area contributed by atoms with Crippen LogP contribution in [0.4, 0.5) is 5.69 Å². The highest BCUT2D eigenvalue weighted by atomic mass is 16.5. The first-order valence-corrected chi connectivity index (χ1v) is 5.32. The van der Waals surface area contributed by atoms with Crippen LogP contribution in [0.25, 0.3) is 0 Å². The average molecular weight is 252 g/mol. The molecule has 0 unspecified atom stereocenters. The van der Waals surface area contributed by atoms with Crippen LogP contribution >= 0.6 is 0 Å². The Morgan fingerprint density at radius 3 is 2.63 bits per heavy atom. The normalized spacial score (nSPS) is 9.42. The third-order valence-corrected chi connectivity index (χ3v) is 2.51. The summed E-state index contributed by atoms with van der Waals surface area (Å²) >= 11 is 0. The van der Waals surface area contributed by atoms with E-state index < -0.39 is 0 Å². The summed E-state index contributed by atoms with van der Waals surface area (Å²) < 4.78 is 4.80. The van der Waals surface area contributed by atoms with Crippen molar-refractivity contribution in [2.45, 2.75) is 6.92 Å². The molecular weight excluding hydrogens is 244 g/mol. The summed E-state index contributed by atoms with van der Waals surface area (Å²) in [5, 5.41) is 23.8. The van der Waals surface area contributed by atoms with Gasteiger partial charge < -0.3 is 9.84 Å². The van der Waals surface area contributed by atoms with Gasteiger partial charge in [-0.15, -0.1) is 0 Å². The molecule has 6 nitrogen and oxygen atoms in total. The number of carbonyl (C=O) groups is 1. The minimum atomic E-state index is -0.382. The standard InChI is InChI=1S/C13H8N4O2/c1-8-12(7-16-19-8)13(18)17-11-3-2-9(5-14)10(4-11)6-15/h2-4,7H,1H3,(H,17,18). The first kappa shape index (κ1) is 12.3. The summed E-state index contributed by atoms with van der Waals surface area (Å²) in [5.74, 6) is 0.0269. The molecule has 0 saturated heterocycles. The van der Waals surface area contributed by atoms with Gasteiger partial charge in [0.1, 0.15) is 23.5 Å². The molecule has 1 aromatic carbocycles. The van der Waals surface area contributed by atoms with Gasteiger partial charge in [-0.25, -0.2) is 0 Å². The maximum atomic E-state index is 11.9. The molecule has 1 heterocycles. The average Bonchev–Trinajstić information content (AvgIpc) is 2.85. The number of anilines is 1. The van der Waals surface area contributed by atoms with Gasteiger partial charge in [-0.05, 0) is 25.1 Å². The lowest BCUT2D eigenvalue weighted by Crippen LogP contribution is -2.12. The fourth-order valence-electron chi connectivity index (χ4n) is 1.53. The Hall–Kier alpha value is -3.12. The summed E-state index contributed by atoms with van der Waals surface area (Å²) in [7, 11) is 0. The maximum Gasteiger partial charge on any atom is 0.260 e. The fourth-order valence-corrected chi connectivity index (χ4v) is 1.53. The van der Waals surface area contributed by atoms with Crippen LogP contribution in [-0.2, 0) is 0 Å². The van der Waals surface area contributed by atoms with Gasteiger partial charge >= 0.3 is 0 Å². The van der Waals surface area contributed by atoms with Gasteiger partial charge in [-0.3, -0.25) is 4.79 Å². The van der Waals surface area contributed by atoms with Crippen molar-refractivity contribution in [1.29, 1.82) is 10.5 Å². The largest absolute Gasteiger partial charge is 0.361 e. The zero-order valence-electron chi connectivity index (χ0n) is 9.97. The lowest BCUT2D eigenvalue weighted by atomic mass is 10.1. The van der Waals surface area contributed by atoms with Gasteiger partial charge in [-0.1, -0.05) is 5.16 Å². The van der Waals surface area contributed by atoms with Gasteiger partial charge in [0.25, 0.3) is 5.91 Å². The van der Waals surface area contributed by atoms with E-state index in [1.54, 1.807) is 13.0 Å². The number of hydrogen-bond donors (Lipinski definition) is 1. The molecule has 0 saturated carbocycles. The van der Waals surface area contributed by atoms with E-state index in [0.29, 0.717) is 17.0 Å². The van der Waals surface area contributed by atoms with Crippen LogP contribution in [0.5, 0.6) is 0 Å². The maximum absolute atomic E-state index is 11.9. The van der Waals surface area contributed by atoms with E-state index in [-0.39, 0.29) is 17.0 Å². The minimum absolute atomic E-state index is 0.211. The van der Waals surface area contributed by atoms with E-state index in [2.05, 4.69) is 10.5 Å². The number of aryl methyl sites for hydroxylation is 1. The minimum Gasteiger partial charge on any atom is -0.361 e. The first-order chi connectivity index (χ1) is 9.15. The number of amides is 1. The van der Waals surface area contributed by atoms with E-state index in [1.807, 2.05) is 12.1 Å². The molecule has 0 atom stereocenters. The number of aromatic nitrogens is 1. The van der Waals surface area contributed by atoms with Crippen molar-refractivity contribution in [3.05, 3.63) is 46.8 Å². The molecule has 2 rings (SSSR count). The molecule has 0 radical (unpaired) electrons. The van der Waals surface area contributed by atoms with Crippen LogP contribution in [0.1, 0.15) is 27.2 Å². The lowest BCUT2D eigenvalue weighted by molar-refractivity contribution is 0.102. The molecule has 1 amide bonds. The molecule has 19 heavy (non-hydrogen) atoms. The highest BCUT2D eigenvalue weighted by Crippen LogP contribution is 2.16. The second-order valence-corrected chi connectivity index (χ2v) is 3.73. The third-order valence-electron chi connectivity index (χ3n) is 2.51. The highest BCUT2D eigenvalue weighted by Gasteiger charge is 2.13. The number of hydrogen-bond acceptors (Lipinski definition) is 5. The molecule has 6 heteroatoms. The summed E-state index contributed by atoms with van der Waals surface area (Å²) in [6.07, 6.45) is 1.32. The van der Waals surface area contributed by atoms with E-state index in [9.17, 15) is 4.79 Å². The highest BCUT2D eigenvalue weighted by molar-refractivity contribution is 6.04. The molecule has 0 bridgehead atoms. The Morgan fingerprint density at radius 2 is 2.05 bits per heavy atom. The Labute approximate surface area is 108 Å². The van der Waals surface area contributed by atoms with Crippen molar-refractivity contribution in [1.82, 2.24) is 5.16 Å². The Morgan fingerprint density at radius 1 is 1.32 bits per heavy atom. The SMILES string of the molecule is Cc1oncc1C(=O)Nc1ccc(C#N)c(C#N)c1. The molecule has 0 fully saturated rings. The van der Waals surface area contributed by atoms with E-state index >= 15 is 0 Å². The smallest absolute Gasteiger partial charge is 0.260 e. The van der Waals surface area contributed by atoms with E-state index in [4.69, 9.17) is 15.0 Å². The molecule has 0 aliphatic carbocycles. The Balaban J connectivity index is 2.26. The summed E-state index contributed by atoms with van der Waals surface area (Å²) in [4.78, 5) is 11.9. The number of carbonyl (C=O) groups excluding carboxylic acids is 1. The van der Waals surface area contributed by atoms with Gasteiger partial charge in [0, 0.05) is 5.69 Å². The van der Waals surface area contributed by atoms with Crippen LogP contribution < -0.4 is 5.32 Å². The Kier molecular flexibility index (Phi) is 3.26. The van der Waals surface area contributed by atoms with Gasteiger partial charge in [0.2, 0.25) is 0 Å². The zero-order valence-corrected chi connectivity index (χ0v) is 9.97. The van der Waals surface area contributed by atoms with E-state index in [0.717, 1.165) is 0 Å². The van der Waals surface area contributed by atoms with Gasteiger partial charge in [-0.2, -0.15) is 10.5 Å². The number of nitrogens with one attached hydrogen (secondary N) is 1. The zero-order chi connectivity index (χ0) is 13.8. The lowest BCUT2D eigenvalue weighted by Gasteiger charge is -2.04. The molecular formula is C13H8N4O2. The predicted octanol–water partition coefficient (Wildman–Crippen LogP) is 1.98. The quantitative estimate of drug-likeness (QED) is 0.880.